The van der Waals surface area contributed by atoms with Crippen molar-refractivity contribution in [1.82, 2.24) is 4.72 Å². The van der Waals surface area contributed by atoms with Gasteiger partial charge in [-0.15, -0.1) is 0 Å². The number of benzene rings is 2. The van der Waals surface area contributed by atoms with Crippen LogP contribution >= 0.6 is 11.6 Å². The van der Waals surface area contributed by atoms with Gasteiger partial charge in [-0.25, -0.2) is 21.6 Å². The van der Waals surface area contributed by atoms with Gasteiger partial charge in [-0.2, -0.15) is 0 Å². The highest BCUT2D eigenvalue weighted by Crippen LogP contribution is 2.35. The van der Waals surface area contributed by atoms with Crippen LogP contribution in [0.1, 0.15) is 29.5 Å². The van der Waals surface area contributed by atoms with E-state index in [-0.39, 0.29) is 40.4 Å². The molecular formula is C20H25ClN2O6S2. The first-order valence-electron chi connectivity index (χ1n) is 9.35. The molecule has 0 atom stereocenters. The maximum atomic E-state index is 13.1. The highest BCUT2D eigenvalue weighted by molar-refractivity contribution is 7.92. The Bertz CT molecular complexity index is 1190. The van der Waals surface area contributed by atoms with Gasteiger partial charge in [0.05, 0.1) is 15.5 Å². The first kappa shape index (κ1) is 25.1. The topological polar surface area (TPSA) is 121 Å². The van der Waals surface area contributed by atoms with E-state index in [1.165, 1.54) is 31.3 Å². The van der Waals surface area contributed by atoms with E-state index < -0.39 is 26.0 Å². The Morgan fingerprint density at radius 3 is 2.19 bits per heavy atom. The smallest absolute Gasteiger partial charge is 0.303 e. The van der Waals surface area contributed by atoms with Crippen LogP contribution in [-0.4, -0.2) is 41.5 Å². The number of carboxylic acid groups (broad SMARTS) is 1. The molecule has 31 heavy (non-hydrogen) atoms. The van der Waals surface area contributed by atoms with E-state index >= 15 is 0 Å². The van der Waals surface area contributed by atoms with E-state index in [1.54, 1.807) is 26.8 Å². The summed E-state index contributed by atoms with van der Waals surface area (Å²) >= 11 is 5.85. The molecule has 0 spiro atoms. The van der Waals surface area contributed by atoms with Gasteiger partial charge in [-0.05, 0) is 68.1 Å². The van der Waals surface area contributed by atoms with Crippen molar-refractivity contribution >= 4 is 43.3 Å². The summed E-state index contributed by atoms with van der Waals surface area (Å²) in [7, 11) is -6.59. The van der Waals surface area contributed by atoms with Gasteiger partial charge in [0, 0.05) is 25.0 Å². The molecule has 0 saturated heterocycles. The summed E-state index contributed by atoms with van der Waals surface area (Å²) in [5, 5.41) is 9.11. The maximum Gasteiger partial charge on any atom is 0.303 e. The minimum atomic E-state index is -3.99. The van der Waals surface area contributed by atoms with Crippen LogP contribution in [0.15, 0.2) is 40.1 Å². The summed E-state index contributed by atoms with van der Waals surface area (Å²) in [6.07, 6.45) is -0.0298. The molecule has 0 aliphatic rings. The molecule has 8 nitrogen and oxygen atoms in total. The van der Waals surface area contributed by atoms with Gasteiger partial charge in [0.2, 0.25) is 10.0 Å². The number of sulfonamides is 2. The molecule has 0 aromatic heterocycles. The Morgan fingerprint density at radius 1 is 1.06 bits per heavy atom. The van der Waals surface area contributed by atoms with Gasteiger partial charge < -0.3 is 5.11 Å². The lowest BCUT2D eigenvalue weighted by Gasteiger charge is -2.26. The zero-order valence-corrected chi connectivity index (χ0v) is 20.0. The van der Waals surface area contributed by atoms with Crippen LogP contribution in [0.3, 0.4) is 0 Å². The zero-order chi connectivity index (χ0) is 23.6. The van der Waals surface area contributed by atoms with Crippen LogP contribution in [0, 0.1) is 20.8 Å². The van der Waals surface area contributed by atoms with E-state index in [0.717, 1.165) is 4.31 Å². The quantitative estimate of drug-likeness (QED) is 0.523. The van der Waals surface area contributed by atoms with Crippen LogP contribution in [0.2, 0.25) is 5.02 Å². The van der Waals surface area contributed by atoms with E-state index in [1.807, 2.05) is 0 Å². The van der Waals surface area contributed by atoms with Crippen molar-refractivity contribution in [2.24, 2.45) is 0 Å². The molecular weight excluding hydrogens is 464 g/mol. The molecule has 0 heterocycles. The molecule has 2 aromatic rings. The SMILES string of the molecule is Cc1cc(C)c(S(=O)(=O)NCCCC(=O)O)c(C)c1N(C)S(=O)(=O)c1ccc(Cl)cc1. The zero-order valence-electron chi connectivity index (χ0n) is 17.6. The standard InChI is InChI=1S/C20H25ClN2O6S2/c1-13-12-14(2)20(30(26,27)22-11-5-6-18(24)25)15(3)19(13)23(4)31(28,29)17-9-7-16(21)8-10-17/h7-10,12,22H,5-6,11H2,1-4H3,(H,24,25). The second-order valence-electron chi connectivity index (χ2n) is 7.13. The first-order valence-corrected chi connectivity index (χ1v) is 12.7. The van der Waals surface area contributed by atoms with Gasteiger partial charge >= 0.3 is 5.97 Å². The van der Waals surface area contributed by atoms with Gasteiger partial charge in [-0.3, -0.25) is 9.10 Å². The number of rotatable bonds is 9. The third-order valence-corrected chi connectivity index (χ3v) is 8.55. The number of halogens is 1. The van der Waals surface area contributed by atoms with Crippen molar-refractivity contribution < 1.29 is 26.7 Å². The van der Waals surface area contributed by atoms with Crippen molar-refractivity contribution in [2.45, 2.75) is 43.4 Å². The number of carbonyl (C=O) groups is 1. The molecule has 0 aliphatic heterocycles. The average molecular weight is 489 g/mol. The summed E-state index contributed by atoms with van der Waals surface area (Å²) in [5.74, 6) is -1.02. The summed E-state index contributed by atoms with van der Waals surface area (Å²) in [4.78, 5) is 10.6. The number of nitrogens with zero attached hydrogens (tertiary/aromatic N) is 1. The lowest BCUT2D eigenvalue weighted by Crippen LogP contribution is -2.30. The monoisotopic (exact) mass is 488 g/mol. The number of hydrogen-bond donors (Lipinski definition) is 2. The predicted molar refractivity (Wildman–Crippen MR) is 120 cm³/mol. The molecule has 0 unspecified atom stereocenters. The molecule has 2 aromatic carbocycles. The molecule has 2 rings (SSSR count). The molecule has 0 amide bonds. The minimum absolute atomic E-state index is 0.0231. The third kappa shape index (κ3) is 5.57. The van der Waals surface area contributed by atoms with Crippen molar-refractivity contribution in [3.05, 3.63) is 52.0 Å². The van der Waals surface area contributed by atoms with E-state index in [9.17, 15) is 21.6 Å². The maximum absolute atomic E-state index is 13.1. The summed E-state index contributed by atoms with van der Waals surface area (Å²) in [5.41, 5.74) is 1.59. The Balaban J connectivity index is 2.50. The Labute approximate surface area is 187 Å². The average Bonchev–Trinajstić information content (AvgIpc) is 2.64. The Kier molecular flexibility index (Phi) is 7.75. The number of nitrogens with one attached hydrogen (secondary N) is 1. The molecule has 0 saturated carbocycles. The lowest BCUT2D eigenvalue weighted by atomic mass is 10.1. The highest BCUT2D eigenvalue weighted by atomic mass is 35.5. The van der Waals surface area contributed by atoms with Crippen molar-refractivity contribution in [3.8, 4) is 0 Å². The molecule has 11 heteroatoms. The molecule has 0 bridgehead atoms. The first-order chi connectivity index (χ1) is 14.3. The number of carboxylic acids is 1. The molecule has 0 aliphatic carbocycles. The van der Waals surface area contributed by atoms with E-state index in [4.69, 9.17) is 16.7 Å². The van der Waals surface area contributed by atoms with Gasteiger partial charge in [0.15, 0.2) is 0 Å². The molecule has 0 fully saturated rings. The summed E-state index contributed by atoms with van der Waals surface area (Å²) in [6.45, 7) is 4.84. The molecule has 170 valence electrons. The van der Waals surface area contributed by atoms with Crippen LogP contribution in [0.4, 0.5) is 5.69 Å². The molecule has 0 radical (unpaired) electrons. The third-order valence-electron chi connectivity index (χ3n) is 4.78. The fourth-order valence-corrected chi connectivity index (χ4v) is 6.44. The predicted octanol–water partition coefficient (Wildman–Crippen LogP) is 3.23. The fourth-order valence-electron chi connectivity index (χ4n) is 3.46. The Morgan fingerprint density at radius 2 is 1.65 bits per heavy atom. The van der Waals surface area contributed by atoms with Crippen molar-refractivity contribution in [3.63, 3.8) is 0 Å². The second-order valence-corrected chi connectivity index (χ2v) is 11.2. The number of hydrogen-bond acceptors (Lipinski definition) is 5. The van der Waals surface area contributed by atoms with Crippen LogP contribution < -0.4 is 9.03 Å². The van der Waals surface area contributed by atoms with Gasteiger partial charge in [-0.1, -0.05) is 17.7 Å². The number of aliphatic carboxylic acids is 1. The lowest BCUT2D eigenvalue weighted by molar-refractivity contribution is -0.137. The number of aryl methyl sites for hydroxylation is 2. The fraction of sp³-hybridized carbons (Fsp3) is 0.350. The summed E-state index contributed by atoms with van der Waals surface area (Å²) < 4.78 is 55.6. The van der Waals surface area contributed by atoms with Crippen LogP contribution in [-0.2, 0) is 24.8 Å². The van der Waals surface area contributed by atoms with Crippen LogP contribution in [0.25, 0.3) is 0 Å². The van der Waals surface area contributed by atoms with E-state index in [0.29, 0.717) is 16.1 Å². The van der Waals surface area contributed by atoms with Crippen molar-refractivity contribution in [2.75, 3.05) is 17.9 Å². The second kappa shape index (κ2) is 9.56. The number of anilines is 1. The van der Waals surface area contributed by atoms with Gasteiger partial charge in [0.25, 0.3) is 10.0 Å². The van der Waals surface area contributed by atoms with Gasteiger partial charge in [0.1, 0.15) is 0 Å². The minimum Gasteiger partial charge on any atom is -0.481 e. The molecule has 2 N–H and O–H groups in total. The van der Waals surface area contributed by atoms with E-state index in [2.05, 4.69) is 4.72 Å². The Hall–Kier alpha value is -2.14. The normalized spacial score (nSPS) is 12.0. The highest BCUT2D eigenvalue weighted by Gasteiger charge is 2.29. The largest absolute Gasteiger partial charge is 0.481 e. The van der Waals surface area contributed by atoms with Crippen LogP contribution in [0.5, 0.6) is 0 Å². The van der Waals surface area contributed by atoms with Crippen molar-refractivity contribution in [1.29, 1.82) is 0 Å². The summed E-state index contributed by atoms with van der Waals surface area (Å²) in [6, 6.07) is 7.31.